The number of carbonyl (C=O) groups excluding carboxylic acids is 2. The van der Waals surface area contributed by atoms with Gasteiger partial charge >= 0.3 is 0 Å². The highest BCUT2D eigenvalue weighted by Crippen LogP contribution is 1.85. The molecule has 0 saturated carbocycles. The molecule has 0 aliphatic carbocycles. The fourth-order valence-corrected chi connectivity index (χ4v) is 0.483. The van der Waals surface area contributed by atoms with Crippen LogP contribution in [0.2, 0.25) is 0 Å². The summed E-state index contributed by atoms with van der Waals surface area (Å²) in [7, 11) is 1.12. The minimum Gasteiger partial charge on any atom is -0.543 e. The minimum atomic E-state index is -1.70. The summed E-state index contributed by atoms with van der Waals surface area (Å²) in [5.74, 6) is -3.00. The third kappa shape index (κ3) is 2.99. The maximum atomic E-state index is 10.6. The van der Waals surface area contributed by atoms with Gasteiger partial charge in [-0.2, -0.15) is 0 Å². The number of hydrogen-bond acceptors (Lipinski definition) is 5. The summed E-state index contributed by atoms with van der Waals surface area (Å²) >= 11 is 5.05. The number of ketones is 1. The normalized spacial score (nSPS) is 10.9. The van der Waals surface area contributed by atoms with Crippen LogP contribution in [0.4, 0.5) is 0 Å². The van der Waals surface area contributed by atoms with E-state index in [9.17, 15) is 14.7 Å². The quantitative estimate of drug-likeness (QED) is 0.228. The fourth-order valence-electron chi connectivity index (χ4n) is 0.357. The van der Waals surface area contributed by atoms with Gasteiger partial charge in [-0.1, -0.05) is 5.16 Å². The molecule has 0 unspecified atom stereocenters. The summed E-state index contributed by atoms with van der Waals surface area (Å²) in [5.41, 5.74) is -0.803. The van der Waals surface area contributed by atoms with Crippen LogP contribution in [-0.4, -0.2) is 30.5 Å². The van der Waals surface area contributed by atoms with Crippen molar-refractivity contribution in [2.45, 2.75) is 0 Å². The van der Waals surface area contributed by atoms with Crippen LogP contribution in [0.1, 0.15) is 0 Å². The molecule has 6 heteroatoms. The summed E-state index contributed by atoms with van der Waals surface area (Å²) in [5, 5.41) is 13.0. The Balaban J connectivity index is 4.48. The molecule has 62 valence electrons. The molecular formula is C5H5ClNO4-. The number of carboxylic acid groups (broad SMARTS) is 1. The molecule has 0 amide bonds. The van der Waals surface area contributed by atoms with Crippen LogP contribution >= 0.6 is 11.6 Å². The van der Waals surface area contributed by atoms with Crippen molar-refractivity contribution < 1.29 is 19.5 Å². The molecule has 0 bridgehead atoms. The fraction of sp³-hybridized carbons (Fsp3) is 0.400. The number of hydrogen-bond donors (Lipinski definition) is 0. The van der Waals surface area contributed by atoms with Crippen molar-refractivity contribution in [1.29, 1.82) is 0 Å². The number of rotatable bonds is 4. The van der Waals surface area contributed by atoms with Gasteiger partial charge in [0.25, 0.3) is 0 Å². The van der Waals surface area contributed by atoms with Crippen molar-refractivity contribution in [3.8, 4) is 0 Å². The van der Waals surface area contributed by atoms with Gasteiger partial charge in [0.1, 0.15) is 7.11 Å². The first-order valence-corrected chi connectivity index (χ1v) is 3.08. The van der Waals surface area contributed by atoms with Crippen LogP contribution in [0.25, 0.3) is 0 Å². The molecule has 0 spiro atoms. The van der Waals surface area contributed by atoms with Crippen molar-refractivity contribution in [2.24, 2.45) is 5.16 Å². The Morgan fingerprint density at radius 3 is 2.45 bits per heavy atom. The van der Waals surface area contributed by atoms with E-state index >= 15 is 0 Å². The highest BCUT2D eigenvalue weighted by atomic mass is 35.5. The molecule has 5 nitrogen and oxygen atoms in total. The van der Waals surface area contributed by atoms with Crippen LogP contribution in [0.3, 0.4) is 0 Å². The largest absolute Gasteiger partial charge is 0.543 e. The van der Waals surface area contributed by atoms with E-state index in [1.54, 1.807) is 0 Å². The van der Waals surface area contributed by atoms with E-state index in [2.05, 4.69) is 9.99 Å². The maximum absolute atomic E-state index is 10.6. The molecule has 0 saturated heterocycles. The van der Waals surface area contributed by atoms with Crippen LogP contribution in [0.15, 0.2) is 5.16 Å². The molecular weight excluding hydrogens is 174 g/mol. The molecule has 0 aromatic carbocycles. The number of carbonyl (C=O) groups is 2. The second-order valence-electron chi connectivity index (χ2n) is 1.47. The lowest BCUT2D eigenvalue weighted by atomic mass is 10.3. The molecule has 0 atom stereocenters. The van der Waals surface area contributed by atoms with E-state index < -0.39 is 23.3 Å². The zero-order valence-corrected chi connectivity index (χ0v) is 6.42. The Kier molecular flexibility index (Phi) is 4.21. The highest BCUT2D eigenvalue weighted by molar-refractivity contribution is 6.66. The van der Waals surface area contributed by atoms with Gasteiger partial charge in [0, 0.05) is 0 Å². The maximum Gasteiger partial charge on any atom is 0.201 e. The van der Waals surface area contributed by atoms with E-state index in [0.717, 1.165) is 7.11 Å². The third-order valence-corrected chi connectivity index (χ3v) is 1.00. The number of alkyl halides is 1. The van der Waals surface area contributed by atoms with Gasteiger partial charge in [-0.25, -0.2) is 0 Å². The monoisotopic (exact) mass is 178 g/mol. The molecule has 0 aliphatic heterocycles. The van der Waals surface area contributed by atoms with Crippen molar-refractivity contribution in [3.63, 3.8) is 0 Å². The van der Waals surface area contributed by atoms with Gasteiger partial charge in [0.15, 0.2) is 5.71 Å². The van der Waals surface area contributed by atoms with Crippen molar-refractivity contribution in [3.05, 3.63) is 0 Å². The number of Topliss-reactive ketones (excluding diaryl/α,β-unsaturated/α-hetero) is 1. The SMILES string of the molecule is CO/N=C(\C(=O)[O-])C(=O)CCl. The Morgan fingerprint density at radius 1 is 1.64 bits per heavy atom. The van der Waals surface area contributed by atoms with Crippen LogP contribution in [0, 0.1) is 0 Å². The Bertz CT molecular complexity index is 201. The second kappa shape index (κ2) is 4.68. The molecule has 0 N–H and O–H groups in total. The van der Waals surface area contributed by atoms with Gasteiger partial charge in [-0.05, 0) is 0 Å². The number of nitrogens with zero attached hydrogens (tertiary/aromatic N) is 1. The minimum absolute atomic E-state index is 0.462. The standard InChI is InChI=1S/C5H6ClNO4/c1-11-7-4(5(9)10)3(8)2-6/h2H2,1H3,(H,9,10)/p-1/b7-4-. The molecule has 0 rings (SSSR count). The highest BCUT2D eigenvalue weighted by Gasteiger charge is 2.11. The van der Waals surface area contributed by atoms with Gasteiger partial charge in [-0.3, -0.25) is 4.79 Å². The Labute approximate surface area is 67.6 Å². The Morgan fingerprint density at radius 2 is 2.18 bits per heavy atom. The van der Waals surface area contributed by atoms with Crippen LogP contribution < -0.4 is 5.11 Å². The summed E-state index contributed by atoms with van der Waals surface area (Å²) in [6, 6.07) is 0. The number of carboxylic acids is 1. The zero-order valence-electron chi connectivity index (χ0n) is 5.67. The smallest absolute Gasteiger partial charge is 0.201 e. The summed E-state index contributed by atoms with van der Waals surface area (Å²) in [6.45, 7) is 0. The lowest BCUT2D eigenvalue weighted by Crippen LogP contribution is -2.37. The van der Waals surface area contributed by atoms with E-state index in [0.29, 0.717) is 0 Å². The molecule has 11 heavy (non-hydrogen) atoms. The zero-order chi connectivity index (χ0) is 8.85. The summed E-state index contributed by atoms with van der Waals surface area (Å²) in [6.07, 6.45) is 0. The molecule has 0 radical (unpaired) electrons. The van der Waals surface area contributed by atoms with Gasteiger partial charge in [0.05, 0.1) is 11.8 Å². The topological polar surface area (TPSA) is 78.8 Å². The third-order valence-electron chi connectivity index (χ3n) is 0.761. The Hall–Kier alpha value is -1.10. The molecule has 0 fully saturated rings. The van der Waals surface area contributed by atoms with Crippen LogP contribution in [-0.2, 0) is 14.4 Å². The van der Waals surface area contributed by atoms with E-state index in [1.807, 2.05) is 0 Å². The molecule has 0 aliphatic rings. The lowest BCUT2D eigenvalue weighted by molar-refractivity contribution is -0.294. The molecule has 0 aromatic heterocycles. The first-order valence-electron chi connectivity index (χ1n) is 2.55. The van der Waals surface area contributed by atoms with Gasteiger partial charge < -0.3 is 14.7 Å². The predicted molar refractivity (Wildman–Crippen MR) is 35.2 cm³/mol. The second-order valence-corrected chi connectivity index (χ2v) is 1.73. The number of aliphatic carboxylic acids is 1. The lowest BCUT2D eigenvalue weighted by Gasteiger charge is -2.01. The number of halogens is 1. The van der Waals surface area contributed by atoms with Crippen molar-refractivity contribution in [1.82, 2.24) is 0 Å². The van der Waals surface area contributed by atoms with Crippen molar-refractivity contribution in [2.75, 3.05) is 13.0 Å². The summed E-state index contributed by atoms with van der Waals surface area (Å²) in [4.78, 5) is 24.7. The summed E-state index contributed by atoms with van der Waals surface area (Å²) < 4.78 is 0. The van der Waals surface area contributed by atoms with E-state index in [4.69, 9.17) is 11.6 Å². The predicted octanol–water partition coefficient (Wildman–Crippen LogP) is -1.45. The van der Waals surface area contributed by atoms with E-state index in [1.165, 1.54) is 0 Å². The molecule has 0 heterocycles. The van der Waals surface area contributed by atoms with Crippen molar-refractivity contribution >= 4 is 29.1 Å². The van der Waals surface area contributed by atoms with E-state index in [-0.39, 0.29) is 0 Å². The average molecular weight is 179 g/mol. The first kappa shape index (κ1) is 9.90. The van der Waals surface area contributed by atoms with Gasteiger partial charge in [-0.15, -0.1) is 11.6 Å². The van der Waals surface area contributed by atoms with Gasteiger partial charge in [0.2, 0.25) is 5.78 Å². The first-order chi connectivity index (χ1) is 5.13. The molecule has 0 aromatic rings. The van der Waals surface area contributed by atoms with Crippen LogP contribution in [0.5, 0.6) is 0 Å². The number of oxime groups is 1. The average Bonchev–Trinajstić information content (AvgIpc) is 1.98.